The smallest absolute Gasteiger partial charge is 0.239 e. The molecule has 0 bridgehead atoms. The first-order valence-electron chi connectivity index (χ1n) is 9.16. The molecule has 146 valence electrons. The number of carbonyl (C=O) groups is 2. The molecule has 0 aromatic heterocycles. The van der Waals surface area contributed by atoms with E-state index in [0.717, 1.165) is 64.6 Å². The molecule has 3 fully saturated rings. The molecule has 1 N–H and O–H groups in total. The van der Waals surface area contributed by atoms with Gasteiger partial charge in [0.05, 0.1) is 12.6 Å². The van der Waals surface area contributed by atoms with Crippen molar-refractivity contribution in [2.75, 3.05) is 52.4 Å². The average molecular weight is 395 g/mol. The molecule has 8 heteroatoms. The number of likely N-dealkylation sites (tertiary alicyclic amines) is 1. The highest BCUT2D eigenvalue weighted by molar-refractivity contribution is 5.85. The van der Waals surface area contributed by atoms with Gasteiger partial charge in [-0.3, -0.25) is 14.5 Å². The van der Waals surface area contributed by atoms with Crippen LogP contribution in [0.4, 0.5) is 0 Å². The van der Waals surface area contributed by atoms with Gasteiger partial charge in [0.15, 0.2) is 0 Å². The molecule has 1 atom stereocenters. The van der Waals surface area contributed by atoms with E-state index < -0.39 is 0 Å². The highest BCUT2D eigenvalue weighted by Crippen LogP contribution is 2.27. The summed E-state index contributed by atoms with van der Waals surface area (Å²) in [4.78, 5) is 30.8. The minimum absolute atomic E-state index is 0. The van der Waals surface area contributed by atoms with Crippen molar-refractivity contribution < 1.29 is 9.59 Å². The maximum Gasteiger partial charge on any atom is 0.239 e. The number of nitrogens with one attached hydrogen (secondary N) is 1. The van der Waals surface area contributed by atoms with Gasteiger partial charge in [-0.15, -0.1) is 24.8 Å². The highest BCUT2D eigenvalue weighted by Gasteiger charge is 2.31. The van der Waals surface area contributed by atoms with Crippen molar-refractivity contribution >= 4 is 36.6 Å². The standard InChI is InChI=1S/C17H30N4O2.2ClH/c1-14(17(23)21-6-2-3-7-21)19-8-10-20(11-9-19)16(22)13-18-12-15-4-5-15;;/h14-15,18H,2-13H2,1H3;2*1H. The van der Waals surface area contributed by atoms with Crippen LogP contribution in [0.1, 0.15) is 32.6 Å². The number of rotatable bonds is 6. The molecule has 2 saturated heterocycles. The monoisotopic (exact) mass is 394 g/mol. The summed E-state index contributed by atoms with van der Waals surface area (Å²) in [6.07, 6.45) is 4.88. The normalized spacial score (nSPS) is 22.1. The first-order valence-corrected chi connectivity index (χ1v) is 9.16. The SMILES string of the molecule is CC(C(=O)N1CCCC1)N1CCN(C(=O)CNCC2CC2)CC1.Cl.Cl. The van der Waals surface area contributed by atoms with Crippen molar-refractivity contribution in [3.8, 4) is 0 Å². The molecule has 1 aliphatic carbocycles. The van der Waals surface area contributed by atoms with Gasteiger partial charge in [0.2, 0.25) is 11.8 Å². The van der Waals surface area contributed by atoms with Crippen molar-refractivity contribution in [3.63, 3.8) is 0 Å². The summed E-state index contributed by atoms with van der Waals surface area (Å²) in [7, 11) is 0. The Bertz CT molecular complexity index is 434. The molecule has 3 aliphatic rings. The van der Waals surface area contributed by atoms with Crippen LogP contribution in [0.5, 0.6) is 0 Å². The fraction of sp³-hybridized carbons (Fsp3) is 0.882. The van der Waals surface area contributed by atoms with E-state index >= 15 is 0 Å². The summed E-state index contributed by atoms with van der Waals surface area (Å²) >= 11 is 0. The van der Waals surface area contributed by atoms with Crippen molar-refractivity contribution in [3.05, 3.63) is 0 Å². The lowest BCUT2D eigenvalue weighted by molar-refractivity contribution is -0.137. The van der Waals surface area contributed by atoms with E-state index in [2.05, 4.69) is 10.2 Å². The summed E-state index contributed by atoms with van der Waals surface area (Å²) < 4.78 is 0. The average Bonchev–Trinajstić information content (AvgIpc) is 3.24. The Kier molecular flexibility index (Phi) is 9.49. The molecular weight excluding hydrogens is 363 g/mol. The number of halogens is 2. The van der Waals surface area contributed by atoms with Gasteiger partial charge >= 0.3 is 0 Å². The number of hydrogen-bond acceptors (Lipinski definition) is 4. The zero-order valence-electron chi connectivity index (χ0n) is 15.1. The van der Waals surface area contributed by atoms with Gasteiger partial charge in [0, 0.05) is 39.3 Å². The molecular formula is C17H32Cl2N4O2. The van der Waals surface area contributed by atoms with E-state index in [9.17, 15) is 9.59 Å². The molecule has 2 heterocycles. The summed E-state index contributed by atoms with van der Waals surface area (Å²) in [6, 6.07) is -0.0571. The minimum Gasteiger partial charge on any atom is -0.341 e. The van der Waals surface area contributed by atoms with Crippen LogP contribution in [0.2, 0.25) is 0 Å². The molecule has 0 spiro atoms. The number of nitrogens with zero attached hydrogens (tertiary/aromatic N) is 3. The molecule has 6 nitrogen and oxygen atoms in total. The van der Waals surface area contributed by atoms with Gasteiger partial charge in [0.1, 0.15) is 0 Å². The van der Waals surface area contributed by atoms with E-state index in [1.54, 1.807) is 0 Å². The Morgan fingerprint density at radius 1 is 0.960 bits per heavy atom. The summed E-state index contributed by atoms with van der Waals surface area (Å²) in [6.45, 7) is 8.34. The third kappa shape index (κ3) is 6.27. The van der Waals surface area contributed by atoms with Crippen molar-refractivity contribution in [1.82, 2.24) is 20.0 Å². The van der Waals surface area contributed by atoms with Crippen LogP contribution in [0.25, 0.3) is 0 Å². The van der Waals surface area contributed by atoms with Gasteiger partial charge in [-0.05, 0) is 45.1 Å². The third-order valence-corrected chi connectivity index (χ3v) is 5.40. The van der Waals surface area contributed by atoms with Crippen LogP contribution in [-0.2, 0) is 9.59 Å². The maximum absolute atomic E-state index is 12.5. The molecule has 1 saturated carbocycles. The van der Waals surface area contributed by atoms with Crippen molar-refractivity contribution in [2.24, 2.45) is 5.92 Å². The molecule has 25 heavy (non-hydrogen) atoms. The topological polar surface area (TPSA) is 55.9 Å². The van der Waals surface area contributed by atoms with Crippen molar-refractivity contribution in [1.29, 1.82) is 0 Å². The molecule has 3 rings (SSSR count). The van der Waals surface area contributed by atoms with Crippen LogP contribution in [-0.4, -0.2) is 84.9 Å². The number of piperazine rings is 1. The van der Waals surface area contributed by atoms with E-state index in [1.165, 1.54) is 12.8 Å². The summed E-state index contributed by atoms with van der Waals surface area (Å²) in [5.41, 5.74) is 0. The van der Waals surface area contributed by atoms with Gasteiger partial charge in [-0.1, -0.05) is 0 Å². The zero-order valence-corrected chi connectivity index (χ0v) is 16.7. The lowest BCUT2D eigenvalue weighted by atomic mass is 10.2. The largest absolute Gasteiger partial charge is 0.341 e. The maximum atomic E-state index is 12.5. The van der Waals surface area contributed by atoms with Crippen LogP contribution in [0.15, 0.2) is 0 Å². The number of amides is 2. The summed E-state index contributed by atoms with van der Waals surface area (Å²) in [5, 5.41) is 3.27. The Balaban J connectivity index is 0.00000156. The van der Waals surface area contributed by atoms with Gasteiger partial charge < -0.3 is 15.1 Å². The second-order valence-corrected chi connectivity index (χ2v) is 7.20. The Morgan fingerprint density at radius 3 is 2.12 bits per heavy atom. The fourth-order valence-corrected chi connectivity index (χ4v) is 3.53. The van der Waals surface area contributed by atoms with Gasteiger partial charge in [-0.25, -0.2) is 0 Å². The summed E-state index contributed by atoms with van der Waals surface area (Å²) in [5.74, 6) is 1.26. The van der Waals surface area contributed by atoms with E-state index in [0.29, 0.717) is 6.54 Å². The first kappa shape index (κ1) is 22.5. The fourth-order valence-electron chi connectivity index (χ4n) is 3.53. The van der Waals surface area contributed by atoms with E-state index in [1.807, 2.05) is 16.7 Å². The Morgan fingerprint density at radius 2 is 1.56 bits per heavy atom. The number of hydrogen-bond donors (Lipinski definition) is 1. The van der Waals surface area contributed by atoms with E-state index in [-0.39, 0.29) is 42.7 Å². The second-order valence-electron chi connectivity index (χ2n) is 7.20. The Labute approximate surface area is 163 Å². The lowest BCUT2D eigenvalue weighted by Gasteiger charge is -2.38. The minimum atomic E-state index is -0.0571. The molecule has 0 radical (unpaired) electrons. The van der Waals surface area contributed by atoms with Crippen LogP contribution >= 0.6 is 24.8 Å². The lowest BCUT2D eigenvalue weighted by Crippen LogP contribution is -2.56. The van der Waals surface area contributed by atoms with Crippen LogP contribution in [0, 0.1) is 5.92 Å². The first-order chi connectivity index (χ1) is 11.1. The molecule has 0 aromatic rings. The van der Waals surface area contributed by atoms with Gasteiger partial charge in [0.25, 0.3) is 0 Å². The highest BCUT2D eigenvalue weighted by atomic mass is 35.5. The van der Waals surface area contributed by atoms with Crippen LogP contribution in [0.3, 0.4) is 0 Å². The Hall–Kier alpha value is -0.560. The molecule has 2 aliphatic heterocycles. The number of carbonyl (C=O) groups excluding carboxylic acids is 2. The predicted molar refractivity (Wildman–Crippen MR) is 104 cm³/mol. The zero-order chi connectivity index (χ0) is 16.2. The second kappa shape index (κ2) is 10.6. The molecule has 0 aromatic carbocycles. The molecule has 1 unspecified atom stereocenters. The third-order valence-electron chi connectivity index (χ3n) is 5.40. The van der Waals surface area contributed by atoms with E-state index in [4.69, 9.17) is 0 Å². The van der Waals surface area contributed by atoms with Crippen molar-refractivity contribution in [2.45, 2.75) is 38.6 Å². The quantitative estimate of drug-likeness (QED) is 0.729. The van der Waals surface area contributed by atoms with Crippen LogP contribution < -0.4 is 5.32 Å². The predicted octanol–water partition coefficient (Wildman–Crippen LogP) is 0.985. The van der Waals surface area contributed by atoms with Gasteiger partial charge in [-0.2, -0.15) is 0 Å². The molecule has 2 amide bonds.